The quantitative estimate of drug-likeness (QED) is 0.803. The number of nitrogens with one attached hydrogen (secondary N) is 1. The van der Waals surface area contributed by atoms with Crippen LogP contribution in [0.4, 0.5) is 0 Å². The monoisotopic (exact) mass is 270 g/mol. The Morgan fingerprint density at radius 3 is 2.72 bits per heavy atom. The number of aromatic amines is 1. The summed E-state index contributed by atoms with van der Waals surface area (Å²) >= 11 is 0. The Kier molecular flexibility index (Phi) is 3.27. The Balaban J connectivity index is 2.28. The normalized spacial score (nSPS) is 17.5. The van der Waals surface area contributed by atoms with Gasteiger partial charge in [-0.2, -0.15) is 4.31 Å². The van der Waals surface area contributed by atoms with E-state index in [2.05, 4.69) is 4.98 Å². The summed E-state index contributed by atoms with van der Waals surface area (Å²) in [5.74, 6) is -1.18. The van der Waals surface area contributed by atoms with Crippen molar-refractivity contribution in [1.29, 1.82) is 0 Å². The third kappa shape index (κ3) is 2.32. The van der Waals surface area contributed by atoms with Gasteiger partial charge in [-0.25, -0.2) is 13.2 Å². The molecule has 2 N–H and O–H groups in total. The van der Waals surface area contributed by atoms with E-state index in [-0.39, 0.29) is 10.6 Å². The smallest absolute Gasteiger partial charge is 0.352 e. The molecule has 0 aromatic carbocycles. The highest BCUT2D eigenvalue weighted by atomic mass is 32.2. The number of hydrogen-bond acceptors (Lipinski definition) is 3. The molecule has 0 bridgehead atoms. The zero-order valence-electron chi connectivity index (χ0n) is 9.88. The molecule has 2 heterocycles. The third-order valence-electron chi connectivity index (χ3n) is 2.92. The van der Waals surface area contributed by atoms with Gasteiger partial charge in [0.25, 0.3) is 0 Å². The molecule has 0 fully saturated rings. The zero-order chi connectivity index (χ0) is 13.3. The number of sulfonamides is 1. The van der Waals surface area contributed by atoms with Crippen molar-refractivity contribution in [1.82, 2.24) is 9.29 Å². The summed E-state index contributed by atoms with van der Waals surface area (Å²) in [6.45, 7) is 2.72. The molecule has 0 aliphatic carbocycles. The van der Waals surface area contributed by atoms with E-state index in [0.717, 1.165) is 6.07 Å². The van der Waals surface area contributed by atoms with Crippen molar-refractivity contribution in [3.63, 3.8) is 0 Å². The Hall–Kier alpha value is -1.60. The molecule has 7 heteroatoms. The largest absolute Gasteiger partial charge is 0.477 e. The first-order chi connectivity index (χ1) is 8.41. The van der Waals surface area contributed by atoms with Crippen LogP contribution in [0.2, 0.25) is 0 Å². The number of aromatic nitrogens is 1. The minimum absolute atomic E-state index is 0.00662. The van der Waals surface area contributed by atoms with Gasteiger partial charge in [0.05, 0.1) is 0 Å². The van der Waals surface area contributed by atoms with E-state index in [1.54, 1.807) is 0 Å². The summed E-state index contributed by atoms with van der Waals surface area (Å²) in [6, 6.07) is 1.14. The molecule has 0 spiro atoms. The number of carboxylic acid groups (broad SMARTS) is 1. The van der Waals surface area contributed by atoms with Crippen LogP contribution in [-0.4, -0.2) is 41.9 Å². The molecule has 6 nitrogen and oxygen atoms in total. The van der Waals surface area contributed by atoms with Crippen LogP contribution >= 0.6 is 0 Å². The molecule has 1 aliphatic heterocycles. The SMILES string of the molecule is CC1=CCN(S(=O)(=O)c2c[nH]c(C(=O)O)c2)CC1. The summed E-state index contributed by atoms with van der Waals surface area (Å²) in [5.41, 5.74) is 1.04. The summed E-state index contributed by atoms with van der Waals surface area (Å²) in [4.78, 5) is 13.1. The maximum Gasteiger partial charge on any atom is 0.352 e. The van der Waals surface area contributed by atoms with Gasteiger partial charge in [0.2, 0.25) is 10.0 Å². The molecule has 98 valence electrons. The summed E-state index contributed by atoms with van der Waals surface area (Å²) < 4.78 is 25.8. The van der Waals surface area contributed by atoms with Crippen molar-refractivity contribution in [3.8, 4) is 0 Å². The standard InChI is InChI=1S/C11H14N2O4S/c1-8-2-4-13(5-3-8)18(16,17)9-6-10(11(14)15)12-7-9/h2,6-7,12H,3-5H2,1H3,(H,14,15). The second-order valence-corrected chi connectivity index (χ2v) is 6.16. The Bertz CT molecular complexity index is 600. The van der Waals surface area contributed by atoms with Crippen molar-refractivity contribution in [2.75, 3.05) is 13.1 Å². The van der Waals surface area contributed by atoms with Gasteiger partial charge >= 0.3 is 5.97 Å². The van der Waals surface area contributed by atoms with Gasteiger partial charge in [0.15, 0.2) is 0 Å². The minimum Gasteiger partial charge on any atom is -0.477 e. The molecule has 1 aliphatic rings. The molecule has 0 unspecified atom stereocenters. The fourth-order valence-electron chi connectivity index (χ4n) is 1.77. The average molecular weight is 270 g/mol. The first-order valence-corrected chi connectivity index (χ1v) is 6.93. The molecule has 2 rings (SSSR count). The van der Waals surface area contributed by atoms with E-state index in [0.29, 0.717) is 19.5 Å². The molecular formula is C11H14N2O4S. The summed E-state index contributed by atoms with van der Waals surface area (Å²) in [6.07, 6.45) is 3.78. The van der Waals surface area contributed by atoms with Gasteiger partial charge in [-0.15, -0.1) is 0 Å². The minimum atomic E-state index is -3.60. The van der Waals surface area contributed by atoms with E-state index >= 15 is 0 Å². The fourth-order valence-corrected chi connectivity index (χ4v) is 3.14. The van der Waals surface area contributed by atoms with Crippen molar-refractivity contribution in [2.45, 2.75) is 18.2 Å². The van der Waals surface area contributed by atoms with Gasteiger partial charge in [0.1, 0.15) is 10.6 Å². The number of hydrogen-bond donors (Lipinski definition) is 2. The third-order valence-corrected chi connectivity index (χ3v) is 4.77. The maximum atomic E-state index is 12.2. The topological polar surface area (TPSA) is 90.5 Å². The summed E-state index contributed by atoms with van der Waals surface area (Å²) in [5, 5.41) is 8.76. The van der Waals surface area contributed by atoms with Crippen LogP contribution in [0.25, 0.3) is 0 Å². The molecule has 0 radical (unpaired) electrons. The van der Waals surface area contributed by atoms with E-state index in [1.165, 1.54) is 16.1 Å². The van der Waals surface area contributed by atoms with E-state index in [1.807, 2.05) is 13.0 Å². The second-order valence-electron chi connectivity index (χ2n) is 4.22. The number of H-pyrrole nitrogens is 1. The highest BCUT2D eigenvalue weighted by Crippen LogP contribution is 2.20. The molecule has 0 saturated heterocycles. The van der Waals surface area contributed by atoms with Gasteiger partial charge < -0.3 is 10.1 Å². The lowest BCUT2D eigenvalue weighted by molar-refractivity contribution is 0.0691. The first-order valence-electron chi connectivity index (χ1n) is 5.49. The van der Waals surface area contributed by atoms with Crippen LogP contribution < -0.4 is 0 Å². The highest BCUT2D eigenvalue weighted by Gasteiger charge is 2.27. The van der Waals surface area contributed by atoms with Crippen LogP contribution in [-0.2, 0) is 10.0 Å². The number of nitrogens with zero attached hydrogens (tertiary/aromatic N) is 1. The van der Waals surface area contributed by atoms with Gasteiger partial charge in [-0.3, -0.25) is 0 Å². The van der Waals surface area contributed by atoms with Crippen LogP contribution in [0.15, 0.2) is 28.8 Å². The van der Waals surface area contributed by atoms with Crippen molar-refractivity contribution in [3.05, 3.63) is 29.6 Å². The Morgan fingerprint density at radius 1 is 1.50 bits per heavy atom. The molecule has 1 aromatic heterocycles. The molecule has 0 atom stereocenters. The predicted octanol–water partition coefficient (Wildman–Crippen LogP) is 1.05. The number of aromatic carboxylic acids is 1. The van der Waals surface area contributed by atoms with Crippen LogP contribution in [0.3, 0.4) is 0 Å². The van der Waals surface area contributed by atoms with Crippen LogP contribution in [0, 0.1) is 0 Å². The second kappa shape index (κ2) is 4.58. The molecule has 18 heavy (non-hydrogen) atoms. The number of carbonyl (C=O) groups is 1. The fraction of sp³-hybridized carbons (Fsp3) is 0.364. The van der Waals surface area contributed by atoms with Crippen molar-refractivity contribution in [2.24, 2.45) is 0 Å². The van der Waals surface area contributed by atoms with Crippen molar-refractivity contribution >= 4 is 16.0 Å². The van der Waals surface area contributed by atoms with Crippen LogP contribution in [0.5, 0.6) is 0 Å². The first kappa shape index (κ1) is 12.8. The lowest BCUT2D eigenvalue weighted by Crippen LogP contribution is -2.34. The van der Waals surface area contributed by atoms with Gasteiger partial charge in [0, 0.05) is 19.3 Å². The van der Waals surface area contributed by atoms with Crippen LogP contribution in [0.1, 0.15) is 23.8 Å². The van der Waals surface area contributed by atoms with E-state index < -0.39 is 16.0 Å². The molecule has 1 aromatic rings. The van der Waals surface area contributed by atoms with Crippen molar-refractivity contribution < 1.29 is 18.3 Å². The zero-order valence-corrected chi connectivity index (χ0v) is 10.7. The molecule has 0 saturated carbocycles. The lowest BCUT2D eigenvalue weighted by atomic mass is 10.1. The molecule has 0 amide bonds. The Labute approximate surface area is 105 Å². The number of carboxylic acids is 1. The maximum absolute atomic E-state index is 12.2. The summed E-state index contributed by atoms with van der Waals surface area (Å²) in [7, 11) is -3.60. The van der Waals surface area contributed by atoms with E-state index in [4.69, 9.17) is 5.11 Å². The predicted molar refractivity (Wildman–Crippen MR) is 64.9 cm³/mol. The van der Waals surface area contributed by atoms with E-state index in [9.17, 15) is 13.2 Å². The highest BCUT2D eigenvalue weighted by molar-refractivity contribution is 7.89. The molecular weight excluding hydrogens is 256 g/mol. The average Bonchev–Trinajstić information content (AvgIpc) is 2.79. The van der Waals surface area contributed by atoms with Gasteiger partial charge in [-0.05, 0) is 19.4 Å². The number of rotatable bonds is 3. The Morgan fingerprint density at radius 2 is 2.22 bits per heavy atom. The van der Waals surface area contributed by atoms with Gasteiger partial charge in [-0.1, -0.05) is 11.6 Å². The lowest BCUT2D eigenvalue weighted by Gasteiger charge is -2.24.